The fourth-order valence-electron chi connectivity index (χ4n) is 1.44. The van der Waals surface area contributed by atoms with Gasteiger partial charge in [0, 0.05) is 0 Å². The van der Waals surface area contributed by atoms with E-state index >= 15 is 0 Å². The smallest absolute Gasteiger partial charge is 0.405 e. The van der Waals surface area contributed by atoms with Crippen LogP contribution >= 0.6 is 11.8 Å². The molecule has 0 N–H and O–H groups in total. The topological polar surface area (TPSA) is 65.1 Å². The number of hydrogen-bond acceptors (Lipinski definition) is 4. The molecular formula is C12H9F3N3O2S. The summed E-state index contributed by atoms with van der Waals surface area (Å²) < 4.78 is 40.6. The van der Waals surface area contributed by atoms with Gasteiger partial charge in [0.05, 0.1) is 5.56 Å². The molecule has 0 unspecified atom stereocenters. The van der Waals surface area contributed by atoms with Crippen LogP contribution in [0, 0.1) is 0 Å². The molecule has 0 bridgehead atoms. The molecule has 1 heterocycles. The lowest BCUT2D eigenvalue weighted by Gasteiger charge is -2.11. The molecule has 0 aromatic heterocycles. The van der Waals surface area contributed by atoms with E-state index in [9.17, 15) is 18.0 Å². The zero-order valence-corrected chi connectivity index (χ0v) is 11.5. The second-order valence-electron chi connectivity index (χ2n) is 3.79. The molecule has 0 fully saturated rings. The molecule has 1 aromatic carbocycles. The first-order chi connectivity index (χ1) is 9.89. The van der Waals surface area contributed by atoms with Crippen LogP contribution in [0.5, 0.6) is 5.75 Å². The molecule has 1 aromatic rings. The maximum absolute atomic E-state index is 12.3. The monoisotopic (exact) mass is 316 g/mol. The maximum atomic E-state index is 12.3. The summed E-state index contributed by atoms with van der Waals surface area (Å²) >= 11 is 1.10. The van der Waals surface area contributed by atoms with Gasteiger partial charge < -0.3 is 4.74 Å². The summed E-state index contributed by atoms with van der Waals surface area (Å²) in [5.41, 5.74) is 3.39. The third-order valence-electron chi connectivity index (χ3n) is 2.30. The van der Waals surface area contributed by atoms with Crippen molar-refractivity contribution in [2.75, 3.05) is 0 Å². The zero-order valence-electron chi connectivity index (χ0n) is 10.7. The lowest BCUT2D eigenvalue weighted by Crippen LogP contribution is -2.19. The van der Waals surface area contributed by atoms with Gasteiger partial charge in [-0.05, 0) is 30.3 Å². The molecule has 9 heteroatoms. The summed E-state index contributed by atoms with van der Waals surface area (Å²) in [6.45, 7) is 1.86. The van der Waals surface area contributed by atoms with Gasteiger partial charge in [0.2, 0.25) is 5.17 Å². The molecule has 2 rings (SSSR count). The van der Waals surface area contributed by atoms with Crippen molar-refractivity contribution >= 4 is 27.9 Å². The van der Waals surface area contributed by atoms with E-state index in [1.807, 2.05) is 6.92 Å². The van der Waals surface area contributed by atoms with Gasteiger partial charge in [0.15, 0.2) is 0 Å². The molecular weight excluding hydrogens is 307 g/mol. The molecule has 1 amide bonds. The van der Waals surface area contributed by atoms with Gasteiger partial charge >= 0.3 is 6.36 Å². The lowest BCUT2D eigenvalue weighted by molar-refractivity contribution is -0.274. The number of para-hydroxylation sites is 1. The number of halogens is 3. The highest BCUT2D eigenvalue weighted by Crippen LogP contribution is 2.27. The van der Waals surface area contributed by atoms with E-state index < -0.39 is 18.0 Å². The molecule has 0 atom stereocenters. The fourth-order valence-corrected chi connectivity index (χ4v) is 2.08. The Balaban J connectivity index is 2.19. The second-order valence-corrected chi connectivity index (χ2v) is 4.83. The molecule has 1 aliphatic heterocycles. The number of hydrogen-bond donors (Lipinski definition) is 0. The van der Waals surface area contributed by atoms with Crippen molar-refractivity contribution in [3.05, 3.63) is 29.8 Å². The van der Waals surface area contributed by atoms with Gasteiger partial charge in [-0.15, -0.1) is 23.7 Å². The Morgan fingerprint density at radius 1 is 1.38 bits per heavy atom. The van der Waals surface area contributed by atoms with Crippen molar-refractivity contribution in [3.63, 3.8) is 0 Å². The Hall–Kier alpha value is -2.03. The summed E-state index contributed by atoms with van der Waals surface area (Å²) in [5, 5.41) is 4.55. The molecule has 1 aliphatic rings. The third-order valence-corrected chi connectivity index (χ3v) is 3.26. The molecule has 0 saturated carbocycles. The van der Waals surface area contributed by atoms with E-state index in [2.05, 4.69) is 20.3 Å². The number of alkyl halides is 3. The van der Waals surface area contributed by atoms with Gasteiger partial charge in [-0.1, -0.05) is 19.1 Å². The van der Waals surface area contributed by atoms with Gasteiger partial charge in [-0.3, -0.25) is 4.79 Å². The summed E-state index contributed by atoms with van der Waals surface area (Å²) in [6.07, 6.45) is -4.25. The number of amidine groups is 1. The first-order valence-electron chi connectivity index (χ1n) is 5.82. The zero-order chi connectivity index (χ0) is 15.5. The molecule has 0 spiro atoms. The minimum absolute atomic E-state index is 0.0960. The molecule has 0 saturated heterocycles. The number of nitrogens with zero attached hydrogens (tertiary/aromatic N) is 3. The van der Waals surface area contributed by atoms with E-state index in [1.165, 1.54) is 18.2 Å². The Kier molecular flexibility index (Phi) is 4.51. The second kappa shape index (κ2) is 6.17. The predicted molar refractivity (Wildman–Crippen MR) is 72.3 cm³/mol. The minimum Gasteiger partial charge on any atom is -0.405 e. The highest BCUT2D eigenvalue weighted by molar-refractivity contribution is 8.26. The standard InChI is InChI=1S/C12H9F3N3O2S/c1-2-9-17-18-11(21-9)16-10(19)7-5-3-4-6-8(7)20-12(13,14)15/h3-6H,2H2,1H3. The maximum Gasteiger partial charge on any atom is 0.573 e. The van der Waals surface area contributed by atoms with Crippen LogP contribution in [0.25, 0.3) is 0 Å². The van der Waals surface area contributed by atoms with Crippen LogP contribution in [0.15, 0.2) is 34.4 Å². The van der Waals surface area contributed by atoms with Crippen molar-refractivity contribution in [2.24, 2.45) is 10.1 Å². The highest BCUT2D eigenvalue weighted by atomic mass is 32.2. The van der Waals surface area contributed by atoms with Crippen LogP contribution in [0.4, 0.5) is 13.2 Å². The number of carbonyl (C=O) groups is 1. The van der Waals surface area contributed by atoms with Crippen molar-refractivity contribution in [2.45, 2.75) is 19.7 Å². The minimum atomic E-state index is -4.88. The summed E-state index contributed by atoms with van der Waals surface area (Å²) in [5.74, 6) is -1.47. The first-order valence-corrected chi connectivity index (χ1v) is 6.64. The molecule has 21 heavy (non-hydrogen) atoms. The highest BCUT2D eigenvalue weighted by Gasteiger charge is 2.33. The Morgan fingerprint density at radius 2 is 2.10 bits per heavy atom. The van der Waals surface area contributed by atoms with Gasteiger partial charge in [0.25, 0.3) is 5.91 Å². The van der Waals surface area contributed by atoms with Crippen molar-refractivity contribution < 1.29 is 22.7 Å². The number of carbonyl (C=O) groups excluding carboxylic acids is 1. The predicted octanol–water partition coefficient (Wildman–Crippen LogP) is 3.16. The van der Waals surface area contributed by atoms with Crippen LogP contribution < -0.4 is 10.2 Å². The number of thioether (sulfide) groups is 1. The average molecular weight is 316 g/mol. The van der Waals surface area contributed by atoms with E-state index in [1.54, 1.807) is 0 Å². The number of amides is 1. The molecule has 0 aliphatic carbocycles. The van der Waals surface area contributed by atoms with Crippen LogP contribution in [0.2, 0.25) is 0 Å². The Labute approximate surface area is 122 Å². The van der Waals surface area contributed by atoms with E-state index in [0.29, 0.717) is 11.5 Å². The lowest BCUT2D eigenvalue weighted by atomic mass is 10.2. The van der Waals surface area contributed by atoms with E-state index in [4.69, 9.17) is 0 Å². The summed E-state index contributed by atoms with van der Waals surface area (Å²) in [4.78, 5) is 15.6. The number of rotatable bonds is 3. The van der Waals surface area contributed by atoms with Crippen LogP contribution in [0.1, 0.15) is 23.7 Å². The van der Waals surface area contributed by atoms with Gasteiger partial charge in [-0.25, -0.2) is 0 Å². The van der Waals surface area contributed by atoms with Crippen molar-refractivity contribution in [1.29, 1.82) is 0 Å². The third kappa shape index (κ3) is 4.22. The van der Waals surface area contributed by atoms with E-state index in [0.717, 1.165) is 17.8 Å². The first kappa shape index (κ1) is 15.4. The van der Waals surface area contributed by atoms with Crippen LogP contribution in [-0.4, -0.2) is 22.5 Å². The fraction of sp³-hybridized carbons (Fsp3) is 0.250. The van der Waals surface area contributed by atoms with Crippen molar-refractivity contribution in [1.82, 2.24) is 5.43 Å². The normalized spacial score (nSPS) is 16.6. The molecule has 111 valence electrons. The number of benzene rings is 1. The SMILES string of the molecule is CCC1=N[N]C(=NC(=O)c2ccccc2OC(F)(F)F)S1. The molecule has 5 nitrogen and oxygen atoms in total. The van der Waals surface area contributed by atoms with Crippen LogP contribution in [0.3, 0.4) is 0 Å². The molecule has 1 radical (unpaired) electrons. The van der Waals surface area contributed by atoms with E-state index in [-0.39, 0.29) is 10.7 Å². The quantitative estimate of drug-likeness (QED) is 0.860. The summed E-state index contributed by atoms with van der Waals surface area (Å²) in [6, 6.07) is 5.00. The summed E-state index contributed by atoms with van der Waals surface area (Å²) in [7, 11) is 0. The van der Waals surface area contributed by atoms with Gasteiger partial charge in [0.1, 0.15) is 10.8 Å². The largest absolute Gasteiger partial charge is 0.573 e. The van der Waals surface area contributed by atoms with Gasteiger partial charge in [-0.2, -0.15) is 4.99 Å². The van der Waals surface area contributed by atoms with Crippen molar-refractivity contribution in [3.8, 4) is 5.75 Å². The Morgan fingerprint density at radius 3 is 2.71 bits per heavy atom. The van der Waals surface area contributed by atoms with Crippen LogP contribution in [-0.2, 0) is 0 Å². The Bertz CT molecular complexity index is 614. The number of aliphatic imine (C=N–C) groups is 1. The average Bonchev–Trinajstić information content (AvgIpc) is 2.85. The number of ether oxygens (including phenoxy) is 1.